The Kier molecular flexibility index (Phi) is 5.90. The lowest BCUT2D eigenvalue weighted by Crippen LogP contribution is -2.50. The number of hydrogen-bond acceptors (Lipinski definition) is 3. The highest BCUT2D eigenvalue weighted by Crippen LogP contribution is 2.17. The lowest BCUT2D eigenvalue weighted by Gasteiger charge is -2.29. The van der Waals surface area contributed by atoms with Gasteiger partial charge in [0, 0.05) is 19.3 Å². The number of nitrogens with one attached hydrogen (secondary N) is 1. The number of methoxy groups -OCH3 is 1. The van der Waals surface area contributed by atoms with Crippen molar-refractivity contribution in [3.63, 3.8) is 0 Å². The Morgan fingerprint density at radius 2 is 2.26 bits per heavy atom. The van der Waals surface area contributed by atoms with Gasteiger partial charge < -0.3 is 15.2 Å². The number of halogens is 2. The van der Waals surface area contributed by atoms with Gasteiger partial charge in [-0.2, -0.15) is 0 Å². The molecule has 1 aromatic carbocycles. The number of ether oxygens (including phenoxy) is 1. The second kappa shape index (κ2) is 6.98. The molecule has 0 aliphatic heterocycles. The third kappa shape index (κ3) is 4.56. The van der Waals surface area contributed by atoms with E-state index in [0.717, 1.165) is 6.07 Å². The number of rotatable bonds is 6. The Bertz CT molecular complexity index is 448. The van der Waals surface area contributed by atoms with Gasteiger partial charge in [-0.25, -0.2) is 4.39 Å². The maximum absolute atomic E-state index is 13.4. The van der Waals surface area contributed by atoms with Gasteiger partial charge in [0.05, 0.1) is 16.6 Å². The summed E-state index contributed by atoms with van der Waals surface area (Å²) in [6.45, 7) is 1.95. The van der Waals surface area contributed by atoms with Gasteiger partial charge >= 0.3 is 0 Å². The summed E-state index contributed by atoms with van der Waals surface area (Å²) in [5.74, 6) is -0.900. The molecule has 0 spiro atoms. The highest BCUT2D eigenvalue weighted by atomic mass is 79.9. The molecule has 1 unspecified atom stereocenters. The van der Waals surface area contributed by atoms with E-state index in [0.29, 0.717) is 10.9 Å². The first-order valence-corrected chi connectivity index (χ1v) is 6.58. The predicted molar refractivity (Wildman–Crippen MR) is 73.6 cm³/mol. The van der Waals surface area contributed by atoms with Gasteiger partial charge in [0.1, 0.15) is 5.82 Å². The largest absolute Gasteiger partial charge is 0.396 e. The summed E-state index contributed by atoms with van der Waals surface area (Å²) in [5.41, 5.74) is -0.467. The summed E-state index contributed by atoms with van der Waals surface area (Å²) < 4.78 is 18.7. The topological polar surface area (TPSA) is 58.6 Å². The number of amides is 1. The van der Waals surface area contributed by atoms with Crippen molar-refractivity contribution in [3.05, 3.63) is 34.1 Å². The normalized spacial score (nSPS) is 13.9. The van der Waals surface area contributed by atoms with Crippen molar-refractivity contribution in [1.82, 2.24) is 5.32 Å². The van der Waals surface area contributed by atoms with Crippen molar-refractivity contribution < 1.29 is 19.0 Å². The first kappa shape index (κ1) is 16.1. The molecule has 0 fully saturated rings. The quantitative estimate of drug-likeness (QED) is 0.838. The molecule has 2 N–H and O–H groups in total. The van der Waals surface area contributed by atoms with Crippen LogP contribution < -0.4 is 5.32 Å². The Hall–Kier alpha value is -0.980. The fourth-order valence-electron chi connectivity index (χ4n) is 1.72. The van der Waals surface area contributed by atoms with E-state index in [1.54, 1.807) is 6.92 Å². The van der Waals surface area contributed by atoms with E-state index in [1.165, 1.54) is 19.2 Å². The number of hydrogen-bond donors (Lipinski definition) is 2. The summed E-state index contributed by atoms with van der Waals surface area (Å²) in [4.78, 5) is 12.0. The standard InChI is InChI=1S/C13H17BrFNO3/c1-13(5-6-17,8-19-2)16-12(18)9-3-4-10(14)11(15)7-9/h3-4,7,17H,5-6,8H2,1-2H3,(H,16,18). The zero-order valence-electron chi connectivity index (χ0n) is 10.9. The Labute approximate surface area is 120 Å². The van der Waals surface area contributed by atoms with Gasteiger partial charge in [0.15, 0.2) is 0 Å². The summed E-state index contributed by atoms with van der Waals surface area (Å²) in [6.07, 6.45) is 0.353. The lowest BCUT2D eigenvalue weighted by atomic mass is 9.98. The molecule has 0 saturated heterocycles. The Morgan fingerprint density at radius 3 is 2.79 bits per heavy atom. The molecular formula is C13H17BrFNO3. The molecule has 0 bridgehead atoms. The molecule has 0 aliphatic rings. The van der Waals surface area contributed by atoms with Crippen LogP contribution in [0.5, 0.6) is 0 Å². The van der Waals surface area contributed by atoms with Crippen LogP contribution >= 0.6 is 15.9 Å². The molecule has 6 heteroatoms. The van der Waals surface area contributed by atoms with E-state index >= 15 is 0 Å². The van der Waals surface area contributed by atoms with Gasteiger partial charge in [0.2, 0.25) is 0 Å². The van der Waals surface area contributed by atoms with Gasteiger partial charge in [-0.1, -0.05) is 0 Å². The van der Waals surface area contributed by atoms with E-state index in [2.05, 4.69) is 21.2 Å². The van der Waals surface area contributed by atoms with Crippen molar-refractivity contribution in [2.45, 2.75) is 18.9 Å². The molecule has 0 aliphatic carbocycles. The number of aliphatic hydroxyl groups excluding tert-OH is 1. The minimum absolute atomic E-state index is 0.0746. The van der Waals surface area contributed by atoms with Crippen LogP contribution in [0.3, 0.4) is 0 Å². The SMILES string of the molecule is COCC(C)(CCO)NC(=O)c1ccc(Br)c(F)c1. The van der Waals surface area contributed by atoms with Crippen LogP contribution in [0.1, 0.15) is 23.7 Å². The second-order valence-corrected chi connectivity index (χ2v) is 5.40. The number of aliphatic hydroxyl groups is 1. The second-order valence-electron chi connectivity index (χ2n) is 4.55. The molecule has 0 heterocycles. The number of carbonyl (C=O) groups excluding carboxylic acids is 1. The smallest absolute Gasteiger partial charge is 0.251 e. The molecule has 19 heavy (non-hydrogen) atoms. The molecule has 1 amide bonds. The van der Waals surface area contributed by atoms with E-state index in [-0.39, 0.29) is 18.8 Å². The molecule has 106 valence electrons. The average Bonchev–Trinajstić information content (AvgIpc) is 2.32. The summed E-state index contributed by atoms with van der Waals surface area (Å²) in [5, 5.41) is 11.8. The molecular weight excluding hydrogens is 317 g/mol. The molecule has 1 rings (SSSR count). The van der Waals surface area contributed by atoms with Crippen molar-refractivity contribution >= 4 is 21.8 Å². The highest BCUT2D eigenvalue weighted by Gasteiger charge is 2.26. The van der Waals surface area contributed by atoms with Crippen molar-refractivity contribution in [3.8, 4) is 0 Å². The van der Waals surface area contributed by atoms with Gasteiger partial charge in [-0.05, 0) is 47.5 Å². The molecule has 0 aromatic heterocycles. The Morgan fingerprint density at radius 1 is 1.58 bits per heavy atom. The van der Waals surface area contributed by atoms with Crippen LogP contribution in [-0.4, -0.2) is 36.9 Å². The van der Waals surface area contributed by atoms with Crippen molar-refractivity contribution in [2.75, 3.05) is 20.3 Å². The maximum atomic E-state index is 13.4. The first-order valence-electron chi connectivity index (χ1n) is 5.79. The monoisotopic (exact) mass is 333 g/mol. The van der Waals surface area contributed by atoms with Crippen LogP contribution in [0.4, 0.5) is 4.39 Å². The predicted octanol–water partition coefficient (Wildman–Crippen LogP) is 2.11. The summed E-state index contributed by atoms with van der Waals surface area (Å²) >= 11 is 3.03. The molecule has 1 aromatic rings. The molecule has 0 saturated carbocycles. The van der Waals surface area contributed by atoms with Crippen LogP contribution in [0, 0.1) is 5.82 Å². The Balaban J connectivity index is 2.84. The number of benzene rings is 1. The lowest BCUT2D eigenvalue weighted by molar-refractivity contribution is 0.0725. The maximum Gasteiger partial charge on any atom is 0.251 e. The third-order valence-corrected chi connectivity index (χ3v) is 3.37. The van der Waals surface area contributed by atoms with Crippen LogP contribution in [0.25, 0.3) is 0 Å². The third-order valence-electron chi connectivity index (χ3n) is 2.72. The minimum atomic E-state index is -0.690. The minimum Gasteiger partial charge on any atom is -0.396 e. The van der Waals surface area contributed by atoms with E-state index in [9.17, 15) is 9.18 Å². The fourth-order valence-corrected chi connectivity index (χ4v) is 1.97. The van der Waals surface area contributed by atoms with E-state index < -0.39 is 17.3 Å². The molecule has 1 atom stereocenters. The van der Waals surface area contributed by atoms with E-state index in [4.69, 9.17) is 9.84 Å². The van der Waals surface area contributed by atoms with Crippen LogP contribution in [0.15, 0.2) is 22.7 Å². The molecule has 0 radical (unpaired) electrons. The summed E-state index contributed by atoms with van der Waals surface area (Å²) in [7, 11) is 1.51. The fraction of sp³-hybridized carbons (Fsp3) is 0.462. The van der Waals surface area contributed by atoms with Gasteiger partial charge in [0.25, 0.3) is 5.91 Å². The zero-order chi connectivity index (χ0) is 14.5. The molecule has 4 nitrogen and oxygen atoms in total. The van der Waals surface area contributed by atoms with Crippen LogP contribution in [-0.2, 0) is 4.74 Å². The highest BCUT2D eigenvalue weighted by molar-refractivity contribution is 9.10. The number of carbonyl (C=O) groups is 1. The van der Waals surface area contributed by atoms with Gasteiger partial charge in [-0.3, -0.25) is 4.79 Å². The zero-order valence-corrected chi connectivity index (χ0v) is 12.5. The summed E-state index contributed by atoms with van der Waals surface area (Å²) in [6, 6.07) is 4.16. The van der Waals surface area contributed by atoms with Gasteiger partial charge in [-0.15, -0.1) is 0 Å². The van der Waals surface area contributed by atoms with Crippen molar-refractivity contribution in [1.29, 1.82) is 0 Å². The average molecular weight is 334 g/mol. The first-order chi connectivity index (χ1) is 8.91. The van der Waals surface area contributed by atoms with Crippen molar-refractivity contribution in [2.24, 2.45) is 0 Å². The van der Waals surface area contributed by atoms with E-state index in [1.807, 2.05) is 0 Å². The van der Waals surface area contributed by atoms with Crippen LogP contribution in [0.2, 0.25) is 0 Å².